The summed E-state index contributed by atoms with van der Waals surface area (Å²) >= 11 is 14.7. The lowest BCUT2D eigenvalue weighted by atomic mass is 10.2. The molecule has 1 heterocycles. The fraction of sp³-hybridized carbons (Fsp3) is 0.0625. The zero-order chi connectivity index (χ0) is 16.9. The second-order valence-corrected chi connectivity index (χ2v) is 7.37. The molecule has 0 amide bonds. The normalized spacial score (nSPS) is 10.6. The molecular weight excluding hydrogens is 388 g/mol. The molecule has 0 radical (unpaired) electrons. The summed E-state index contributed by atoms with van der Waals surface area (Å²) in [7, 11) is 0. The topological polar surface area (TPSA) is 37.0 Å². The van der Waals surface area contributed by atoms with Crippen LogP contribution in [0.5, 0.6) is 0 Å². The average molecular weight is 400 g/mol. The SMILES string of the molecule is Fc1cc(NCc2ccc(Cl)cc2)c(Cl)cc1SNc1nccs1. The molecule has 0 saturated carbocycles. The highest BCUT2D eigenvalue weighted by molar-refractivity contribution is 8.00. The summed E-state index contributed by atoms with van der Waals surface area (Å²) in [5.74, 6) is -0.355. The number of nitrogens with zero attached hydrogens (tertiary/aromatic N) is 1. The number of benzene rings is 2. The quantitative estimate of drug-likeness (QED) is 0.475. The van der Waals surface area contributed by atoms with E-state index in [1.54, 1.807) is 12.3 Å². The highest BCUT2D eigenvalue weighted by Crippen LogP contribution is 2.32. The van der Waals surface area contributed by atoms with E-state index >= 15 is 0 Å². The minimum absolute atomic E-state index is 0.355. The number of nitrogens with one attached hydrogen (secondary N) is 2. The number of aromatic nitrogens is 1. The molecule has 1 aromatic heterocycles. The summed E-state index contributed by atoms with van der Waals surface area (Å²) < 4.78 is 17.2. The summed E-state index contributed by atoms with van der Waals surface area (Å²) in [6.07, 6.45) is 1.68. The molecule has 8 heteroatoms. The van der Waals surface area contributed by atoms with Crippen LogP contribution < -0.4 is 10.0 Å². The zero-order valence-corrected chi connectivity index (χ0v) is 15.4. The number of rotatable bonds is 6. The van der Waals surface area contributed by atoms with Gasteiger partial charge >= 0.3 is 0 Å². The van der Waals surface area contributed by atoms with Crippen molar-refractivity contribution >= 4 is 57.3 Å². The molecule has 0 fully saturated rings. The van der Waals surface area contributed by atoms with Crippen LogP contribution in [0.2, 0.25) is 10.0 Å². The first kappa shape index (κ1) is 17.4. The maximum Gasteiger partial charge on any atom is 0.192 e. The molecule has 0 atom stereocenters. The molecule has 2 N–H and O–H groups in total. The Bertz CT molecular complexity index is 811. The highest BCUT2D eigenvalue weighted by Gasteiger charge is 2.10. The van der Waals surface area contributed by atoms with Crippen molar-refractivity contribution in [1.82, 2.24) is 4.98 Å². The summed E-state index contributed by atoms with van der Waals surface area (Å²) in [6, 6.07) is 10.4. The third kappa shape index (κ3) is 4.54. The molecule has 0 aliphatic rings. The van der Waals surface area contributed by atoms with Gasteiger partial charge in [-0.05, 0) is 41.8 Å². The fourth-order valence-corrected chi connectivity index (χ4v) is 3.61. The minimum Gasteiger partial charge on any atom is -0.380 e. The van der Waals surface area contributed by atoms with Gasteiger partial charge in [0.1, 0.15) is 5.82 Å². The van der Waals surface area contributed by atoms with Gasteiger partial charge in [-0.25, -0.2) is 9.37 Å². The van der Waals surface area contributed by atoms with Crippen LogP contribution in [0.1, 0.15) is 5.56 Å². The molecule has 0 aliphatic heterocycles. The Hall–Kier alpha value is -1.47. The minimum atomic E-state index is -0.355. The molecule has 3 aromatic rings. The molecule has 3 nitrogen and oxygen atoms in total. The van der Waals surface area contributed by atoms with Crippen molar-refractivity contribution in [2.45, 2.75) is 11.4 Å². The lowest BCUT2D eigenvalue weighted by Crippen LogP contribution is -2.01. The van der Waals surface area contributed by atoms with Crippen LogP contribution in [-0.2, 0) is 6.54 Å². The largest absolute Gasteiger partial charge is 0.380 e. The molecule has 0 saturated heterocycles. The van der Waals surface area contributed by atoms with Crippen LogP contribution in [0.4, 0.5) is 15.2 Å². The molecule has 0 unspecified atom stereocenters. The number of halogens is 3. The Labute approximate surface area is 157 Å². The predicted molar refractivity (Wildman–Crippen MR) is 102 cm³/mol. The van der Waals surface area contributed by atoms with Gasteiger partial charge in [0, 0.05) is 23.1 Å². The molecule has 0 spiro atoms. The smallest absolute Gasteiger partial charge is 0.192 e. The first-order valence-corrected chi connectivity index (χ1v) is 9.37. The van der Waals surface area contributed by atoms with Gasteiger partial charge in [-0.2, -0.15) is 0 Å². The number of hydrogen-bond donors (Lipinski definition) is 2. The van der Waals surface area contributed by atoms with Crippen molar-refractivity contribution in [3.8, 4) is 0 Å². The van der Waals surface area contributed by atoms with Gasteiger partial charge in [0.15, 0.2) is 5.13 Å². The summed E-state index contributed by atoms with van der Waals surface area (Å²) in [5.41, 5.74) is 1.57. The van der Waals surface area contributed by atoms with Crippen molar-refractivity contribution in [3.63, 3.8) is 0 Å². The Morgan fingerprint density at radius 2 is 1.96 bits per heavy atom. The zero-order valence-electron chi connectivity index (χ0n) is 12.2. The monoisotopic (exact) mass is 399 g/mol. The highest BCUT2D eigenvalue weighted by atomic mass is 35.5. The van der Waals surface area contributed by atoms with Gasteiger partial charge < -0.3 is 10.0 Å². The molecular formula is C16H12Cl2FN3S2. The van der Waals surface area contributed by atoms with E-state index in [-0.39, 0.29) is 5.82 Å². The maximum atomic E-state index is 14.2. The first-order chi connectivity index (χ1) is 11.6. The van der Waals surface area contributed by atoms with E-state index in [0.29, 0.717) is 32.3 Å². The van der Waals surface area contributed by atoms with E-state index in [1.807, 2.05) is 29.6 Å². The average Bonchev–Trinajstić information content (AvgIpc) is 3.09. The van der Waals surface area contributed by atoms with Crippen molar-refractivity contribution in [3.05, 3.63) is 69.4 Å². The lowest BCUT2D eigenvalue weighted by molar-refractivity contribution is 0.602. The van der Waals surface area contributed by atoms with Gasteiger partial charge in [-0.15, -0.1) is 11.3 Å². The molecule has 0 aliphatic carbocycles. The summed E-state index contributed by atoms with van der Waals surface area (Å²) in [6.45, 7) is 0.528. The van der Waals surface area contributed by atoms with E-state index in [0.717, 1.165) is 17.5 Å². The van der Waals surface area contributed by atoms with E-state index in [4.69, 9.17) is 23.2 Å². The third-order valence-electron chi connectivity index (χ3n) is 3.10. The second kappa shape index (κ2) is 8.07. The molecule has 0 bridgehead atoms. The van der Waals surface area contributed by atoms with E-state index in [1.165, 1.54) is 17.4 Å². The van der Waals surface area contributed by atoms with Crippen molar-refractivity contribution < 1.29 is 4.39 Å². The van der Waals surface area contributed by atoms with Crippen molar-refractivity contribution in [1.29, 1.82) is 0 Å². The van der Waals surface area contributed by atoms with E-state index < -0.39 is 0 Å². The second-order valence-electron chi connectivity index (χ2n) is 4.78. The lowest BCUT2D eigenvalue weighted by Gasteiger charge is -2.11. The van der Waals surface area contributed by atoms with E-state index in [2.05, 4.69) is 15.0 Å². The third-order valence-corrected chi connectivity index (χ3v) is 5.31. The molecule has 24 heavy (non-hydrogen) atoms. The Kier molecular flexibility index (Phi) is 5.84. The van der Waals surface area contributed by atoms with Crippen molar-refractivity contribution in [2.24, 2.45) is 0 Å². The van der Waals surface area contributed by atoms with Crippen LogP contribution in [0.3, 0.4) is 0 Å². The summed E-state index contributed by atoms with van der Waals surface area (Å²) in [5, 5.41) is 6.81. The van der Waals surface area contributed by atoms with E-state index in [9.17, 15) is 4.39 Å². The summed E-state index contributed by atoms with van der Waals surface area (Å²) in [4.78, 5) is 4.49. The van der Waals surface area contributed by atoms with Crippen LogP contribution in [0.15, 0.2) is 52.9 Å². The standard InChI is InChI=1S/C16H12Cl2FN3S2/c17-11-3-1-10(2-4-11)9-21-14-8-13(19)15(7-12(14)18)24-22-16-20-5-6-23-16/h1-8,21H,9H2,(H,20,22). The fourth-order valence-electron chi connectivity index (χ4n) is 1.91. The Morgan fingerprint density at radius 1 is 1.17 bits per heavy atom. The van der Waals surface area contributed by atoms with Gasteiger partial charge in [-0.3, -0.25) is 0 Å². The van der Waals surface area contributed by atoms with Gasteiger partial charge in [0.05, 0.1) is 15.6 Å². The molecule has 2 aromatic carbocycles. The number of hydrogen-bond acceptors (Lipinski definition) is 5. The van der Waals surface area contributed by atoms with Gasteiger partial charge in [0.2, 0.25) is 0 Å². The molecule has 3 rings (SSSR count). The Balaban J connectivity index is 1.66. The van der Waals surface area contributed by atoms with Crippen LogP contribution in [0, 0.1) is 5.82 Å². The Morgan fingerprint density at radius 3 is 2.67 bits per heavy atom. The van der Waals surface area contributed by atoms with Gasteiger partial charge in [0.25, 0.3) is 0 Å². The molecule has 124 valence electrons. The number of anilines is 2. The first-order valence-electron chi connectivity index (χ1n) is 6.91. The maximum absolute atomic E-state index is 14.2. The van der Waals surface area contributed by atoms with Crippen LogP contribution >= 0.6 is 46.5 Å². The van der Waals surface area contributed by atoms with Crippen LogP contribution in [-0.4, -0.2) is 4.98 Å². The van der Waals surface area contributed by atoms with Crippen LogP contribution in [0.25, 0.3) is 0 Å². The predicted octanol–water partition coefficient (Wildman–Crippen LogP) is 6.32. The van der Waals surface area contributed by atoms with Gasteiger partial charge in [-0.1, -0.05) is 35.3 Å². The number of thiazole rings is 1. The van der Waals surface area contributed by atoms with Crippen molar-refractivity contribution in [2.75, 3.05) is 10.0 Å².